The van der Waals surface area contributed by atoms with Crippen molar-refractivity contribution in [2.75, 3.05) is 6.61 Å². The fourth-order valence-corrected chi connectivity index (χ4v) is 1.31. The standard InChI is InChI=1S/C12H16O3/c1-8(14)7-15-12-5-4-11(6-13)9(2)10(12)3/h4-6,8,14H,7H2,1-3H3. The third kappa shape index (κ3) is 2.80. The van der Waals surface area contributed by atoms with Crippen LogP contribution in [0.4, 0.5) is 0 Å². The van der Waals surface area contributed by atoms with Gasteiger partial charge in [-0.1, -0.05) is 0 Å². The second-order valence-corrected chi connectivity index (χ2v) is 3.68. The number of carbonyl (C=O) groups is 1. The lowest BCUT2D eigenvalue weighted by Gasteiger charge is -2.13. The first-order valence-corrected chi connectivity index (χ1v) is 4.92. The number of benzene rings is 1. The summed E-state index contributed by atoms with van der Waals surface area (Å²) in [6.07, 6.45) is 0.344. The molecule has 1 aromatic carbocycles. The van der Waals surface area contributed by atoms with Gasteiger partial charge in [-0.05, 0) is 44.0 Å². The highest BCUT2D eigenvalue weighted by Gasteiger charge is 2.07. The van der Waals surface area contributed by atoms with E-state index in [1.54, 1.807) is 19.1 Å². The molecule has 0 radical (unpaired) electrons. The van der Waals surface area contributed by atoms with Crippen molar-refractivity contribution < 1.29 is 14.6 Å². The summed E-state index contributed by atoms with van der Waals surface area (Å²) in [7, 11) is 0. The van der Waals surface area contributed by atoms with Gasteiger partial charge in [-0.15, -0.1) is 0 Å². The fraction of sp³-hybridized carbons (Fsp3) is 0.417. The normalized spacial score (nSPS) is 12.3. The van der Waals surface area contributed by atoms with Gasteiger partial charge in [-0.2, -0.15) is 0 Å². The van der Waals surface area contributed by atoms with Gasteiger partial charge >= 0.3 is 0 Å². The summed E-state index contributed by atoms with van der Waals surface area (Å²) < 4.78 is 5.41. The first kappa shape index (κ1) is 11.7. The van der Waals surface area contributed by atoms with Crippen LogP contribution in [0.2, 0.25) is 0 Å². The van der Waals surface area contributed by atoms with Gasteiger partial charge in [0.15, 0.2) is 0 Å². The van der Waals surface area contributed by atoms with Gasteiger partial charge in [0.05, 0.1) is 6.10 Å². The van der Waals surface area contributed by atoms with Crippen LogP contribution in [-0.2, 0) is 0 Å². The maximum absolute atomic E-state index is 10.7. The second-order valence-electron chi connectivity index (χ2n) is 3.68. The van der Waals surface area contributed by atoms with E-state index in [2.05, 4.69) is 0 Å². The Labute approximate surface area is 89.7 Å². The predicted molar refractivity (Wildman–Crippen MR) is 58.5 cm³/mol. The SMILES string of the molecule is Cc1c(C=O)ccc(OCC(C)O)c1C. The second kappa shape index (κ2) is 4.94. The van der Waals surface area contributed by atoms with Gasteiger partial charge in [0.2, 0.25) is 0 Å². The summed E-state index contributed by atoms with van der Waals surface area (Å²) in [6, 6.07) is 3.49. The van der Waals surface area contributed by atoms with Crippen molar-refractivity contribution in [3.8, 4) is 5.75 Å². The van der Waals surface area contributed by atoms with Crippen molar-refractivity contribution in [3.63, 3.8) is 0 Å². The van der Waals surface area contributed by atoms with Gasteiger partial charge < -0.3 is 9.84 Å². The van der Waals surface area contributed by atoms with E-state index in [9.17, 15) is 4.79 Å². The maximum atomic E-state index is 10.7. The molecule has 0 aliphatic heterocycles. The van der Waals surface area contributed by atoms with E-state index in [0.717, 1.165) is 23.2 Å². The highest BCUT2D eigenvalue weighted by atomic mass is 16.5. The Bertz CT molecular complexity index is 356. The molecular formula is C12H16O3. The number of aldehydes is 1. The first-order valence-electron chi connectivity index (χ1n) is 4.92. The van der Waals surface area contributed by atoms with Crippen LogP contribution in [0.15, 0.2) is 12.1 Å². The van der Waals surface area contributed by atoms with Crippen molar-refractivity contribution in [3.05, 3.63) is 28.8 Å². The molecule has 0 heterocycles. The minimum atomic E-state index is -0.490. The molecule has 3 heteroatoms. The summed E-state index contributed by atoms with van der Waals surface area (Å²) in [4.78, 5) is 10.7. The van der Waals surface area contributed by atoms with Gasteiger partial charge in [0.25, 0.3) is 0 Å². The molecule has 0 saturated carbocycles. The number of ether oxygens (including phenoxy) is 1. The molecule has 1 N–H and O–H groups in total. The molecule has 82 valence electrons. The molecule has 0 fully saturated rings. The lowest BCUT2D eigenvalue weighted by Crippen LogP contribution is -2.13. The number of aliphatic hydroxyl groups is 1. The largest absolute Gasteiger partial charge is 0.491 e. The molecule has 3 nitrogen and oxygen atoms in total. The van der Waals surface area contributed by atoms with E-state index >= 15 is 0 Å². The van der Waals surface area contributed by atoms with E-state index in [1.165, 1.54) is 0 Å². The smallest absolute Gasteiger partial charge is 0.150 e. The van der Waals surface area contributed by atoms with Gasteiger partial charge in [-0.25, -0.2) is 0 Å². The summed E-state index contributed by atoms with van der Waals surface area (Å²) >= 11 is 0. The predicted octanol–water partition coefficient (Wildman–Crippen LogP) is 1.88. The molecule has 0 amide bonds. The summed E-state index contributed by atoms with van der Waals surface area (Å²) in [5.41, 5.74) is 2.55. The number of rotatable bonds is 4. The van der Waals surface area contributed by atoms with Crippen LogP contribution in [0.3, 0.4) is 0 Å². The average Bonchev–Trinajstić information content (AvgIpc) is 2.20. The quantitative estimate of drug-likeness (QED) is 0.768. The van der Waals surface area contributed by atoms with Gasteiger partial charge in [0, 0.05) is 5.56 Å². The van der Waals surface area contributed by atoms with Crippen molar-refractivity contribution in [1.82, 2.24) is 0 Å². The summed E-state index contributed by atoms with van der Waals surface area (Å²) in [6.45, 7) is 5.72. The zero-order chi connectivity index (χ0) is 11.4. The maximum Gasteiger partial charge on any atom is 0.150 e. The number of hydrogen-bond donors (Lipinski definition) is 1. The molecule has 0 spiro atoms. The third-order valence-corrected chi connectivity index (χ3v) is 2.39. The van der Waals surface area contributed by atoms with Crippen LogP contribution < -0.4 is 4.74 Å². The molecule has 1 aromatic rings. The van der Waals surface area contributed by atoms with Crippen LogP contribution in [-0.4, -0.2) is 24.1 Å². The highest BCUT2D eigenvalue weighted by molar-refractivity contribution is 5.78. The van der Waals surface area contributed by atoms with Crippen LogP contribution in [0.25, 0.3) is 0 Å². The van der Waals surface area contributed by atoms with E-state index in [0.29, 0.717) is 5.56 Å². The number of hydrogen-bond acceptors (Lipinski definition) is 3. The lowest BCUT2D eigenvalue weighted by molar-refractivity contribution is 0.112. The Morgan fingerprint density at radius 1 is 1.40 bits per heavy atom. The first-order chi connectivity index (χ1) is 7.06. The molecule has 0 aliphatic carbocycles. The Morgan fingerprint density at radius 2 is 2.07 bits per heavy atom. The van der Waals surface area contributed by atoms with E-state index in [-0.39, 0.29) is 6.61 Å². The van der Waals surface area contributed by atoms with Crippen molar-refractivity contribution in [1.29, 1.82) is 0 Å². The lowest BCUT2D eigenvalue weighted by atomic mass is 10.0. The summed E-state index contributed by atoms with van der Waals surface area (Å²) in [5.74, 6) is 0.721. The number of carbonyl (C=O) groups excluding carboxylic acids is 1. The van der Waals surface area contributed by atoms with Crippen molar-refractivity contribution in [2.45, 2.75) is 26.9 Å². The van der Waals surface area contributed by atoms with Crippen molar-refractivity contribution >= 4 is 6.29 Å². The van der Waals surface area contributed by atoms with Crippen LogP contribution in [0, 0.1) is 13.8 Å². The van der Waals surface area contributed by atoms with Gasteiger partial charge in [0.1, 0.15) is 18.6 Å². The molecule has 0 aromatic heterocycles. The molecule has 1 rings (SSSR count). The molecule has 1 unspecified atom stereocenters. The number of aliphatic hydroxyl groups excluding tert-OH is 1. The monoisotopic (exact) mass is 208 g/mol. The van der Waals surface area contributed by atoms with Crippen LogP contribution in [0.1, 0.15) is 28.4 Å². The van der Waals surface area contributed by atoms with Gasteiger partial charge in [-0.3, -0.25) is 4.79 Å². The molecule has 15 heavy (non-hydrogen) atoms. The molecule has 0 saturated heterocycles. The molecule has 0 bridgehead atoms. The Morgan fingerprint density at radius 3 is 2.60 bits per heavy atom. The zero-order valence-electron chi connectivity index (χ0n) is 9.28. The minimum absolute atomic E-state index is 0.265. The molecular weight excluding hydrogens is 192 g/mol. The van der Waals surface area contributed by atoms with E-state index in [4.69, 9.17) is 9.84 Å². The van der Waals surface area contributed by atoms with E-state index in [1.807, 2.05) is 13.8 Å². The Hall–Kier alpha value is -1.35. The van der Waals surface area contributed by atoms with Crippen LogP contribution >= 0.6 is 0 Å². The highest BCUT2D eigenvalue weighted by Crippen LogP contribution is 2.23. The summed E-state index contributed by atoms with van der Waals surface area (Å²) in [5, 5.41) is 9.09. The zero-order valence-corrected chi connectivity index (χ0v) is 9.28. The topological polar surface area (TPSA) is 46.5 Å². The Balaban J connectivity index is 2.91. The average molecular weight is 208 g/mol. The minimum Gasteiger partial charge on any atom is -0.491 e. The van der Waals surface area contributed by atoms with Crippen LogP contribution in [0.5, 0.6) is 5.75 Å². The third-order valence-electron chi connectivity index (χ3n) is 2.39. The molecule has 0 aliphatic rings. The molecule has 1 atom stereocenters. The fourth-order valence-electron chi connectivity index (χ4n) is 1.31. The van der Waals surface area contributed by atoms with E-state index < -0.39 is 6.10 Å². The van der Waals surface area contributed by atoms with Crippen molar-refractivity contribution in [2.24, 2.45) is 0 Å². The Kier molecular flexibility index (Phi) is 3.86.